The minimum absolute atomic E-state index is 0.0204. The normalized spacial score (nSPS) is 19.1. The third-order valence-electron chi connectivity index (χ3n) is 10.0. The summed E-state index contributed by atoms with van der Waals surface area (Å²) in [6.07, 6.45) is 3.72. The van der Waals surface area contributed by atoms with E-state index >= 15 is 0 Å². The van der Waals surface area contributed by atoms with E-state index in [0.29, 0.717) is 35.5 Å². The number of aromatic amines is 1. The largest absolute Gasteiger partial charge is 0.506 e. The zero-order valence-electron chi connectivity index (χ0n) is 28.3. The molecule has 0 bridgehead atoms. The van der Waals surface area contributed by atoms with Crippen molar-refractivity contribution >= 4 is 28.6 Å². The van der Waals surface area contributed by atoms with E-state index in [1.165, 1.54) is 12.1 Å². The Hall–Kier alpha value is -4.71. The average Bonchev–Trinajstić information content (AvgIpc) is 3.13. The molecule has 1 aromatic heterocycles. The first-order valence-corrected chi connectivity index (χ1v) is 17.7. The third-order valence-corrected chi connectivity index (χ3v) is 10.0. The number of H-pyrrole nitrogens is 1. The van der Waals surface area contributed by atoms with Gasteiger partial charge in [-0.3, -0.25) is 14.9 Å². The lowest BCUT2D eigenvalue weighted by Crippen LogP contribution is -2.43. The lowest BCUT2D eigenvalue weighted by Gasteiger charge is -2.32. The van der Waals surface area contributed by atoms with Gasteiger partial charge in [0, 0.05) is 55.7 Å². The maximum Gasteiger partial charge on any atom is 0.411 e. The van der Waals surface area contributed by atoms with Gasteiger partial charge >= 0.3 is 6.09 Å². The number of nitrogens with zero attached hydrogens (tertiary/aromatic N) is 1. The molecule has 0 radical (unpaired) electrons. The second-order valence-electron chi connectivity index (χ2n) is 13.5. The van der Waals surface area contributed by atoms with Crippen molar-refractivity contribution in [2.75, 3.05) is 44.6 Å². The Labute approximate surface area is 292 Å². The van der Waals surface area contributed by atoms with E-state index in [2.05, 4.69) is 25.8 Å². The van der Waals surface area contributed by atoms with E-state index in [9.17, 15) is 24.6 Å². The van der Waals surface area contributed by atoms with Crippen molar-refractivity contribution in [3.63, 3.8) is 0 Å². The smallest absolute Gasteiger partial charge is 0.411 e. The summed E-state index contributed by atoms with van der Waals surface area (Å²) >= 11 is 0. The summed E-state index contributed by atoms with van der Waals surface area (Å²) in [5, 5.41) is 31.0. The number of hydrogen-bond donors (Lipinski definition) is 6. The number of pyridine rings is 1. The van der Waals surface area contributed by atoms with Crippen molar-refractivity contribution in [2.24, 2.45) is 11.8 Å². The Morgan fingerprint density at radius 1 is 0.900 bits per heavy atom. The number of nitrogens with one attached hydrogen (secondary N) is 4. The van der Waals surface area contributed by atoms with Crippen molar-refractivity contribution in [1.82, 2.24) is 20.5 Å². The monoisotopic (exact) mass is 681 g/mol. The van der Waals surface area contributed by atoms with E-state index in [1.807, 2.05) is 54.6 Å². The molecule has 1 aliphatic carbocycles. The molecular weight excluding hydrogens is 634 g/mol. The zero-order valence-corrected chi connectivity index (χ0v) is 28.3. The Bertz CT molecular complexity index is 1800. The zero-order chi connectivity index (χ0) is 34.9. The first-order chi connectivity index (χ1) is 24.3. The molecule has 4 aromatic rings. The first kappa shape index (κ1) is 35.1. The van der Waals surface area contributed by atoms with Crippen LogP contribution in [-0.2, 0) is 9.53 Å². The Morgan fingerprint density at radius 2 is 1.64 bits per heavy atom. The van der Waals surface area contributed by atoms with Crippen molar-refractivity contribution in [2.45, 2.75) is 50.7 Å². The van der Waals surface area contributed by atoms with Gasteiger partial charge in [-0.1, -0.05) is 54.6 Å². The summed E-state index contributed by atoms with van der Waals surface area (Å²) in [4.78, 5) is 42.3. The van der Waals surface area contributed by atoms with Crippen LogP contribution in [0.3, 0.4) is 0 Å². The number of hydrogen-bond acceptors (Lipinski definition) is 8. The highest BCUT2D eigenvalue weighted by Crippen LogP contribution is 2.31. The number of carbonyl (C=O) groups excluding carboxylic acids is 2. The van der Waals surface area contributed by atoms with Gasteiger partial charge in [-0.15, -0.1) is 0 Å². The van der Waals surface area contributed by atoms with Gasteiger partial charge in [-0.05, 0) is 80.3 Å². The third kappa shape index (κ3) is 9.09. The number of rotatable bonds is 12. The molecule has 2 fully saturated rings. The van der Waals surface area contributed by atoms with Crippen LogP contribution in [0.4, 0.5) is 10.5 Å². The summed E-state index contributed by atoms with van der Waals surface area (Å²) < 4.78 is 5.76. The van der Waals surface area contributed by atoms with Crippen LogP contribution in [0.15, 0.2) is 83.7 Å². The SMILES string of the molecule is O=C(Nc1ccccc1-c1ccccc1)OC1CCN(CCNC(=O)C2CCC(CNC[C@H](O)c3ccc(O)c4[nH]c(=O)ccc34)CC2)CC1. The van der Waals surface area contributed by atoms with Crippen molar-refractivity contribution in [3.05, 3.63) is 94.8 Å². The Morgan fingerprint density at radius 3 is 2.42 bits per heavy atom. The molecule has 2 aliphatic rings. The van der Waals surface area contributed by atoms with Crippen LogP contribution in [-0.4, -0.2) is 77.5 Å². The number of aliphatic hydroxyl groups excluding tert-OH is 1. The molecule has 0 unspecified atom stereocenters. The Balaban J connectivity index is 0.844. The number of aromatic hydroxyl groups is 1. The molecule has 3 aromatic carbocycles. The highest BCUT2D eigenvalue weighted by atomic mass is 16.6. The van der Waals surface area contributed by atoms with E-state index in [4.69, 9.17) is 4.74 Å². The van der Waals surface area contributed by atoms with Crippen LogP contribution < -0.4 is 21.5 Å². The fraction of sp³-hybridized carbons (Fsp3) is 0.410. The number of ether oxygens (including phenoxy) is 1. The predicted molar refractivity (Wildman–Crippen MR) is 194 cm³/mol. The molecule has 2 amide bonds. The van der Waals surface area contributed by atoms with E-state index < -0.39 is 12.2 Å². The molecule has 11 nitrogen and oxygen atoms in total. The number of piperidine rings is 1. The van der Waals surface area contributed by atoms with Gasteiger partial charge in [0.25, 0.3) is 0 Å². The van der Waals surface area contributed by atoms with E-state index in [-0.39, 0.29) is 29.2 Å². The first-order valence-electron chi connectivity index (χ1n) is 17.7. The number of para-hydroxylation sites is 1. The van der Waals surface area contributed by atoms with Crippen LogP contribution >= 0.6 is 0 Å². The molecule has 2 heterocycles. The minimum atomic E-state index is -0.794. The maximum absolute atomic E-state index is 12.9. The van der Waals surface area contributed by atoms with Gasteiger partial charge in [0.05, 0.1) is 17.3 Å². The van der Waals surface area contributed by atoms with Crippen molar-refractivity contribution in [3.8, 4) is 16.9 Å². The van der Waals surface area contributed by atoms with Crippen LogP contribution in [0.2, 0.25) is 0 Å². The molecule has 50 heavy (non-hydrogen) atoms. The van der Waals surface area contributed by atoms with Crippen molar-refractivity contribution in [1.29, 1.82) is 0 Å². The molecule has 6 N–H and O–H groups in total. The van der Waals surface area contributed by atoms with Crippen LogP contribution in [0.25, 0.3) is 22.0 Å². The van der Waals surface area contributed by atoms with Crippen LogP contribution in [0, 0.1) is 11.8 Å². The quantitative estimate of drug-likeness (QED) is 0.120. The van der Waals surface area contributed by atoms with Crippen LogP contribution in [0.5, 0.6) is 5.75 Å². The lowest BCUT2D eigenvalue weighted by atomic mass is 9.81. The number of anilines is 1. The standard InChI is InChI=1S/C39H47N5O6/c45-34-16-14-31(32-15-17-36(47)43-37(32)34)35(46)25-40-24-26-10-12-28(13-11-26)38(48)41-20-23-44-21-18-29(19-22-44)50-39(49)42-33-9-5-4-8-30(33)27-6-2-1-3-7-27/h1-9,14-17,26,28-29,35,40,45-46H,10-13,18-25H2,(H,41,48)(H,42,49)(H,43,47)/t26?,28?,35-/m0/s1. The number of fused-ring (bicyclic) bond motifs is 1. The number of phenols is 1. The van der Waals surface area contributed by atoms with Gasteiger partial charge in [0.1, 0.15) is 11.9 Å². The van der Waals surface area contributed by atoms with Crippen molar-refractivity contribution < 1.29 is 24.5 Å². The average molecular weight is 682 g/mol. The molecule has 1 saturated carbocycles. The summed E-state index contributed by atoms with van der Waals surface area (Å²) in [5.74, 6) is 0.544. The molecule has 264 valence electrons. The minimum Gasteiger partial charge on any atom is -0.506 e. The van der Waals surface area contributed by atoms with Crippen LogP contribution in [0.1, 0.15) is 50.2 Å². The molecule has 11 heteroatoms. The topological polar surface area (TPSA) is 156 Å². The van der Waals surface area contributed by atoms with Gasteiger partial charge < -0.3 is 35.5 Å². The summed E-state index contributed by atoms with van der Waals surface area (Å²) in [6, 6.07) is 23.8. The number of benzene rings is 3. The number of phenolic OH excluding ortho intramolecular Hbond substituents is 1. The van der Waals surface area contributed by atoms with E-state index in [0.717, 1.165) is 81.5 Å². The summed E-state index contributed by atoms with van der Waals surface area (Å²) in [5.41, 5.74) is 3.35. The van der Waals surface area contributed by atoms with Gasteiger partial charge in [-0.25, -0.2) is 4.79 Å². The molecule has 1 atom stereocenters. The number of carbonyl (C=O) groups is 2. The van der Waals surface area contributed by atoms with Gasteiger partial charge in [0.2, 0.25) is 11.5 Å². The summed E-state index contributed by atoms with van der Waals surface area (Å²) in [7, 11) is 0. The molecule has 1 saturated heterocycles. The molecule has 6 rings (SSSR count). The predicted octanol–water partition coefficient (Wildman–Crippen LogP) is 5.16. The Kier molecular flexibility index (Phi) is 11.8. The van der Waals surface area contributed by atoms with Gasteiger partial charge in [-0.2, -0.15) is 0 Å². The number of aliphatic hydroxyl groups is 1. The fourth-order valence-electron chi connectivity index (χ4n) is 7.20. The number of aromatic nitrogens is 1. The highest BCUT2D eigenvalue weighted by molar-refractivity contribution is 5.91. The maximum atomic E-state index is 12.9. The molecule has 1 aliphatic heterocycles. The summed E-state index contributed by atoms with van der Waals surface area (Å²) in [6.45, 7) is 4.08. The lowest BCUT2D eigenvalue weighted by molar-refractivity contribution is -0.126. The number of amides is 2. The second kappa shape index (κ2) is 16.8. The van der Waals surface area contributed by atoms with Gasteiger partial charge in [0.15, 0.2) is 0 Å². The molecular formula is C39H47N5O6. The van der Waals surface area contributed by atoms with E-state index in [1.54, 1.807) is 12.1 Å². The fourth-order valence-corrected chi connectivity index (χ4v) is 7.20. The highest BCUT2D eigenvalue weighted by Gasteiger charge is 2.27. The molecule has 0 spiro atoms. The number of likely N-dealkylation sites (tertiary alicyclic amines) is 1. The second-order valence-corrected chi connectivity index (χ2v) is 13.5.